The van der Waals surface area contributed by atoms with Gasteiger partial charge in [0.2, 0.25) is 0 Å². The molecular weight excluding hydrogens is 250 g/mol. The zero-order valence-corrected chi connectivity index (χ0v) is 11.0. The summed E-state index contributed by atoms with van der Waals surface area (Å²) in [5, 5.41) is 19.8. The Bertz CT molecular complexity index is 435. The van der Waals surface area contributed by atoms with Crippen LogP contribution in [-0.2, 0) is 4.74 Å². The largest absolute Gasteiger partial charge is 0.496 e. The van der Waals surface area contributed by atoms with Gasteiger partial charge >= 0.3 is 5.97 Å². The van der Waals surface area contributed by atoms with Gasteiger partial charge in [-0.05, 0) is 25.1 Å². The van der Waals surface area contributed by atoms with Gasteiger partial charge in [-0.1, -0.05) is 6.07 Å². The van der Waals surface area contributed by atoms with E-state index in [1.165, 1.54) is 32.4 Å². The number of carbonyl (C=O) groups excluding carboxylic acids is 1. The summed E-state index contributed by atoms with van der Waals surface area (Å²) in [5.74, 6) is -0.187. The van der Waals surface area contributed by atoms with Crippen molar-refractivity contribution in [2.45, 2.75) is 18.6 Å². The lowest BCUT2D eigenvalue weighted by atomic mass is 9.99. The fraction of sp³-hybridized carbons (Fsp3) is 0.462. The van der Waals surface area contributed by atoms with Crippen LogP contribution in [0.4, 0.5) is 0 Å². The van der Waals surface area contributed by atoms with Crippen LogP contribution in [0.3, 0.4) is 0 Å². The van der Waals surface area contributed by atoms with Gasteiger partial charge in [-0.15, -0.1) is 0 Å². The molecule has 6 nitrogen and oxygen atoms in total. The predicted octanol–water partition coefficient (Wildman–Crippen LogP) is 0.225. The molecule has 0 fully saturated rings. The van der Waals surface area contributed by atoms with Crippen LogP contribution in [0, 0.1) is 0 Å². The highest BCUT2D eigenvalue weighted by molar-refractivity contribution is 5.89. The maximum Gasteiger partial charge on any atom is 0.337 e. The molecule has 0 spiro atoms. The Balaban J connectivity index is 3.05. The van der Waals surface area contributed by atoms with E-state index in [1.807, 2.05) is 0 Å². The normalized spacial score (nSPS) is 13.7. The third kappa shape index (κ3) is 3.66. The zero-order valence-electron chi connectivity index (χ0n) is 11.0. The van der Waals surface area contributed by atoms with Crippen LogP contribution in [-0.4, -0.2) is 43.1 Å². The SMILES string of the molecule is COC(=O)c1ccc(C(O)C(O)CCN)c(OC)c1. The Kier molecular flexibility index (Phi) is 5.75. The molecule has 0 bridgehead atoms. The van der Waals surface area contributed by atoms with Gasteiger partial charge in [-0.3, -0.25) is 0 Å². The number of benzene rings is 1. The highest BCUT2D eigenvalue weighted by atomic mass is 16.5. The lowest BCUT2D eigenvalue weighted by Crippen LogP contribution is -2.22. The van der Waals surface area contributed by atoms with Gasteiger partial charge in [0, 0.05) is 5.56 Å². The summed E-state index contributed by atoms with van der Waals surface area (Å²) in [6, 6.07) is 4.48. The number of methoxy groups -OCH3 is 2. The number of aliphatic hydroxyl groups excluding tert-OH is 2. The number of esters is 1. The van der Waals surface area contributed by atoms with Crippen LogP contribution in [0.15, 0.2) is 18.2 Å². The number of rotatable bonds is 6. The van der Waals surface area contributed by atoms with Gasteiger partial charge in [-0.2, -0.15) is 0 Å². The molecule has 2 atom stereocenters. The second-order valence-corrected chi connectivity index (χ2v) is 4.04. The van der Waals surface area contributed by atoms with E-state index in [4.69, 9.17) is 10.5 Å². The zero-order chi connectivity index (χ0) is 14.4. The van der Waals surface area contributed by atoms with Crippen LogP contribution in [0.1, 0.15) is 28.4 Å². The molecule has 0 amide bonds. The van der Waals surface area contributed by atoms with Crippen LogP contribution < -0.4 is 10.5 Å². The van der Waals surface area contributed by atoms with Gasteiger partial charge < -0.3 is 25.4 Å². The standard InChI is InChI=1S/C13H19NO5/c1-18-11-7-8(13(17)19-2)3-4-9(11)12(16)10(15)5-6-14/h3-4,7,10,12,15-16H,5-6,14H2,1-2H3. The summed E-state index contributed by atoms with van der Waals surface area (Å²) in [7, 11) is 2.70. The lowest BCUT2D eigenvalue weighted by Gasteiger charge is -2.20. The molecule has 1 aromatic rings. The minimum atomic E-state index is -1.12. The number of aliphatic hydroxyl groups is 2. The maximum absolute atomic E-state index is 11.4. The van der Waals surface area contributed by atoms with Crippen molar-refractivity contribution in [3.63, 3.8) is 0 Å². The molecule has 0 aliphatic rings. The van der Waals surface area contributed by atoms with Gasteiger partial charge in [0.15, 0.2) is 0 Å². The molecule has 0 aromatic heterocycles. The first-order valence-corrected chi connectivity index (χ1v) is 5.87. The minimum absolute atomic E-state index is 0.265. The second-order valence-electron chi connectivity index (χ2n) is 4.04. The molecule has 1 aromatic carbocycles. The van der Waals surface area contributed by atoms with E-state index < -0.39 is 18.2 Å². The molecular formula is C13H19NO5. The lowest BCUT2D eigenvalue weighted by molar-refractivity contribution is 0.0137. The van der Waals surface area contributed by atoms with Crippen molar-refractivity contribution in [2.75, 3.05) is 20.8 Å². The van der Waals surface area contributed by atoms with Crippen molar-refractivity contribution in [3.05, 3.63) is 29.3 Å². The molecule has 1 rings (SSSR count). The first kappa shape index (κ1) is 15.4. The maximum atomic E-state index is 11.4. The molecule has 0 aliphatic heterocycles. The molecule has 0 saturated heterocycles. The van der Waals surface area contributed by atoms with Crippen LogP contribution >= 0.6 is 0 Å². The number of carbonyl (C=O) groups is 1. The Morgan fingerprint density at radius 2 is 2.05 bits per heavy atom. The fourth-order valence-electron chi connectivity index (χ4n) is 1.74. The average molecular weight is 269 g/mol. The highest BCUT2D eigenvalue weighted by Gasteiger charge is 2.22. The van der Waals surface area contributed by atoms with Gasteiger partial charge in [0.25, 0.3) is 0 Å². The number of nitrogens with two attached hydrogens (primary N) is 1. The first-order valence-electron chi connectivity index (χ1n) is 5.87. The number of ether oxygens (including phenoxy) is 2. The van der Waals surface area contributed by atoms with E-state index >= 15 is 0 Å². The minimum Gasteiger partial charge on any atom is -0.496 e. The smallest absolute Gasteiger partial charge is 0.337 e. The van der Waals surface area contributed by atoms with Crippen LogP contribution in [0.25, 0.3) is 0 Å². The summed E-state index contributed by atoms with van der Waals surface area (Å²) < 4.78 is 9.72. The molecule has 0 heterocycles. The van der Waals surface area contributed by atoms with Crippen molar-refractivity contribution in [1.82, 2.24) is 0 Å². The predicted molar refractivity (Wildman–Crippen MR) is 69.0 cm³/mol. The van der Waals surface area contributed by atoms with E-state index in [0.717, 1.165) is 0 Å². The molecule has 2 unspecified atom stereocenters. The molecule has 0 saturated carbocycles. The van der Waals surface area contributed by atoms with Crippen molar-refractivity contribution >= 4 is 5.97 Å². The van der Waals surface area contributed by atoms with Gasteiger partial charge in [0.05, 0.1) is 25.9 Å². The van der Waals surface area contributed by atoms with Gasteiger partial charge in [-0.25, -0.2) is 4.79 Å². The molecule has 4 N–H and O–H groups in total. The Morgan fingerprint density at radius 3 is 2.58 bits per heavy atom. The summed E-state index contributed by atoms with van der Waals surface area (Å²) >= 11 is 0. The highest BCUT2D eigenvalue weighted by Crippen LogP contribution is 2.29. The van der Waals surface area contributed by atoms with E-state index in [1.54, 1.807) is 0 Å². The van der Waals surface area contributed by atoms with Crippen molar-refractivity contribution in [2.24, 2.45) is 5.73 Å². The molecule has 6 heteroatoms. The topological polar surface area (TPSA) is 102 Å². The molecule has 0 aliphatic carbocycles. The van der Waals surface area contributed by atoms with E-state index in [0.29, 0.717) is 16.9 Å². The van der Waals surface area contributed by atoms with Crippen molar-refractivity contribution < 1.29 is 24.5 Å². The van der Waals surface area contributed by atoms with Crippen molar-refractivity contribution in [1.29, 1.82) is 0 Å². The van der Waals surface area contributed by atoms with Crippen LogP contribution in [0.2, 0.25) is 0 Å². The third-order valence-electron chi connectivity index (χ3n) is 2.80. The average Bonchev–Trinajstić information content (AvgIpc) is 2.45. The monoisotopic (exact) mass is 269 g/mol. The summed E-state index contributed by atoms with van der Waals surface area (Å²) in [6.45, 7) is 0.265. The molecule has 19 heavy (non-hydrogen) atoms. The van der Waals surface area contributed by atoms with Crippen molar-refractivity contribution in [3.8, 4) is 5.75 Å². The Morgan fingerprint density at radius 1 is 1.37 bits per heavy atom. The Hall–Kier alpha value is -1.63. The van der Waals surface area contributed by atoms with Gasteiger partial charge in [0.1, 0.15) is 11.9 Å². The number of hydrogen-bond donors (Lipinski definition) is 3. The molecule has 0 radical (unpaired) electrons. The van der Waals surface area contributed by atoms with Crippen LogP contribution in [0.5, 0.6) is 5.75 Å². The first-order chi connectivity index (χ1) is 9.04. The summed E-state index contributed by atoms with van der Waals surface area (Å²) in [6.07, 6.45) is -1.84. The summed E-state index contributed by atoms with van der Waals surface area (Å²) in [5.41, 5.74) is 6.04. The van der Waals surface area contributed by atoms with E-state index in [2.05, 4.69) is 4.74 Å². The number of hydrogen-bond acceptors (Lipinski definition) is 6. The quantitative estimate of drug-likeness (QED) is 0.639. The second kappa shape index (κ2) is 7.08. The third-order valence-corrected chi connectivity index (χ3v) is 2.80. The van der Waals surface area contributed by atoms with E-state index in [9.17, 15) is 15.0 Å². The fourth-order valence-corrected chi connectivity index (χ4v) is 1.74. The van der Waals surface area contributed by atoms with E-state index in [-0.39, 0.29) is 13.0 Å². The summed E-state index contributed by atoms with van der Waals surface area (Å²) in [4.78, 5) is 11.4. The Labute approximate surface area is 111 Å². The molecule has 106 valence electrons.